The summed E-state index contributed by atoms with van der Waals surface area (Å²) in [6, 6.07) is 7.80. The Kier molecular flexibility index (Phi) is 9.57. The molecule has 0 saturated carbocycles. The van der Waals surface area contributed by atoms with E-state index in [9.17, 15) is 4.79 Å². The number of piperazine rings is 1. The molecule has 1 amide bonds. The quantitative estimate of drug-likeness (QED) is 0.784. The minimum absolute atomic E-state index is 0. The number of nitrogen functional groups attached to an aromatic ring is 1. The predicted molar refractivity (Wildman–Crippen MR) is 106 cm³/mol. The Labute approximate surface area is 162 Å². The zero-order chi connectivity index (χ0) is 16.1. The van der Waals surface area contributed by atoms with Crippen LogP contribution in [-0.2, 0) is 16.0 Å². The van der Waals surface area contributed by atoms with Gasteiger partial charge < -0.3 is 15.4 Å². The Hall–Kier alpha value is -1.01. The number of ether oxygens (including phenoxy) is 1. The van der Waals surface area contributed by atoms with Crippen LogP contribution in [0.25, 0.3) is 0 Å². The highest BCUT2D eigenvalue weighted by atomic mass is 35.5. The lowest BCUT2D eigenvalue weighted by atomic mass is 10.1. The van der Waals surface area contributed by atoms with Gasteiger partial charge >= 0.3 is 0 Å². The number of benzene rings is 1. The van der Waals surface area contributed by atoms with E-state index in [-0.39, 0.29) is 30.7 Å². The third-order valence-corrected chi connectivity index (χ3v) is 4.93. The number of halogens is 2. The fourth-order valence-electron chi connectivity index (χ4n) is 3.43. The van der Waals surface area contributed by atoms with Crippen molar-refractivity contribution in [2.24, 2.45) is 5.92 Å². The van der Waals surface area contributed by atoms with E-state index in [1.165, 1.54) is 6.42 Å². The molecule has 142 valence electrons. The zero-order valence-electron chi connectivity index (χ0n) is 14.6. The average molecular weight is 390 g/mol. The Morgan fingerprint density at radius 3 is 2.52 bits per heavy atom. The van der Waals surface area contributed by atoms with E-state index < -0.39 is 0 Å². The van der Waals surface area contributed by atoms with Crippen molar-refractivity contribution in [1.82, 2.24) is 9.80 Å². The van der Waals surface area contributed by atoms with Gasteiger partial charge in [-0.15, -0.1) is 24.8 Å². The summed E-state index contributed by atoms with van der Waals surface area (Å²) in [4.78, 5) is 16.9. The first-order chi connectivity index (χ1) is 11.2. The summed E-state index contributed by atoms with van der Waals surface area (Å²) in [5.41, 5.74) is 7.79. The van der Waals surface area contributed by atoms with Gasteiger partial charge in [0.05, 0.1) is 6.61 Å². The maximum absolute atomic E-state index is 12.4. The van der Waals surface area contributed by atoms with Crippen LogP contribution >= 0.6 is 24.8 Å². The van der Waals surface area contributed by atoms with Crippen LogP contribution in [0.2, 0.25) is 0 Å². The van der Waals surface area contributed by atoms with Gasteiger partial charge in [-0.2, -0.15) is 0 Å². The number of amides is 1. The minimum atomic E-state index is 0. The highest BCUT2D eigenvalue weighted by molar-refractivity contribution is 5.85. The molecule has 2 heterocycles. The molecule has 1 aromatic rings. The normalized spacial score (nSPS) is 20.6. The second-order valence-corrected chi connectivity index (χ2v) is 6.61. The summed E-state index contributed by atoms with van der Waals surface area (Å²) in [5, 5.41) is 0. The molecule has 1 aromatic carbocycles. The van der Waals surface area contributed by atoms with Crippen molar-refractivity contribution in [3.63, 3.8) is 0 Å². The third-order valence-electron chi connectivity index (χ3n) is 4.93. The van der Waals surface area contributed by atoms with E-state index in [1.807, 2.05) is 29.2 Å². The van der Waals surface area contributed by atoms with E-state index in [0.717, 1.165) is 63.6 Å². The SMILES string of the molecule is Cl.Cl.Nc1ccccc1CCC(=O)N1CCN(CC2CCOC2)CC1. The smallest absolute Gasteiger partial charge is 0.222 e. The molecular formula is C18H29Cl2N3O2. The Balaban J connectivity index is 0.00000156. The largest absolute Gasteiger partial charge is 0.399 e. The molecule has 2 fully saturated rings. The maximum atomic E-state index is 12.4. The number of anilines is 1. The van der Waals surface area contributed by atoms with E-state index in [4.69, 9.17) is 10.5 Å². The second-order valence-electron chi connectivity index (χ2n) is 6.61. The van der Waals surface area contributed by atoms with Gasteiger partial charge in [0.25, 0.3) is 0 Å². The molecule has 0 bridgehead atoms. The zero-order valence-corrected chi connectivity index (χ0v) is 16.2. The molecule has 0 aliphatic carbocycles. The van der Waals surface area contributed by atoms with Gasteiger partial charge in [-0.25, -0.2) is 0 Å². The second kappa shape index (κ2) is 10.9. The molecule has 0 radical (unpaired) electrons. The molecule has 25 heavy (non-hydrogen) atoms. The first-order valence-electron chi connectivity index (χ1n) is 8.63. The molecule has 0 spiro atoms. The molecule has 0 aromatic heterocycles. The first kappa shape index (κ1) is 22.0. The fourth-order valence-corrected chi connectivity index (χ4v) is 3.43. The molecule has 2 aliphatic rings. The van der Waals surface area contributed by atoms with Crippen LogP contribution in [0.15, 0.2) is 24.3 Å². The predicted octanol–water partition coefficient (Wildman–Crippen LogP) is 2.23. The van der Waals surface area contributed by atoms with Crippen molar-refractivity contribution >= 4 is 36.4 Å². The van der Waals surface area contributed by atoms with Crippen LogP contribution in [-0.4, -0.2) is 61.6 Å². The van der Waals surface area contributed by atoms with Gasteiger partial charge in [0, 0.05) is 51.4 Å². The summed E-state index contributed by atoms with van der Waals surface area (Å²) in [7, 11) is 0. The van der Waals surface area contributed by atoms with Crippen molar-refractivity contribution in [2.75, 3.05) is 51.7 Å². The van der Waals surface area contributed by atoms with Gasteiger partial charge in [0.1, 0.15) is 0 Å². The van der Waals surface area contributed by atoms with Gasteiger partial charge in [-0.3, -0.25) is 9.69 Å². The van der Waals surface area contributed by atoms with Crippen molar-refractivity contribution in [1.29, 1.82) is 0 Å². The lowest BCUT2D eigenvalue weighted by Crippen LogP contribution is -2.49. The molecular weight excluding hydrogens is 361 g/mol. The van der Waals surface area contributed by atoms with Crippen LogP contribution in [0.1, 0.15) is 18.4 Å². The molecule has 1 atom stereocenters. The number of rotatable bonds is 5. The van der Waals surface area contributed by atoms with Gasteiger partial charge in [0.15, 0.2) is 0 Å². The highest BCUT2D eigenvalue weighted by Crippen LogP contribution is 2.16. The number of hydrogen-bond donors (Lipinski definition) is 1. The van der Waals surface area contributed by atoms with E-state index >= 15 is 0 Å². The van der Waals surface area contributed by atoms with Crippen LogP contribution in [0.3, 0.4) is 0 Å². The molecule has 2 N–H and O–H groups in total. The number of carbonyl (C=O) groups excluding carboxylic acids is 1. The van der Waals surface area contributed by atoms with Gasteiger partial charge in [0.2, 0.25) is 5.91 Å². The van der Waals surface area contributed by atoms with E-state index in [2.05, 4.69) is 4.90 Å². The monoisotopic (exact) mass is 389 g/mol. The van der Waals surface area contributed by atoms with Crippen molar-refractivity contribution < 1.29 is 9.53 Å². The van der Waals surface area contributed by atoms with Crippen molar-refractivity contribution in [2.45, 2.75) is 19.3 Å². The maximum Gasteiger partial charge on any atom is 0.222 e. The fraction of sp³-hybridized carbons (Fsp3) is 0.611. The molecule has 5 nitrogen and oxygen atoms in total. The van der Waals surface area contributed by atoms with Crippen molar-refractivity contribution in [3.05, 3.63) is 29.8 Å². The van der Waals surface area contributed by atoms with Crippen LogP contribution in [0, 0.1) is 5.92 Å². The number of para-hydroxylation sites is 1. The molecule has 2 saturated heterocycles. The number of nitrogens with zero attached hydrogens (tertiary/aromatic N) is 2. The summed E-state index contributed by atoms with van der Waals surface area (Å²) in [5.74, 6) is 0.926. The highest BCUT2D eigenvalue weighted by Gasteiger charge is 2.24. The summed E-state index contributed by atoms with van der Waals surface area (Å²) in [6.07, 6.45) is 2.45. The number of nitrogens with two attached hydrogens (primary N) is 1. The number of hydrogen-bond acceptors (Lipinski definition) is 4. The lowest BCUT2D eigenvalue weighted by Gasteiger charge is -2.35. The lowest BCUT2D eigenvalue weighted by molar-refractivity contribution is -0.133. The summed E-state index contributed by atoms with van der Waals surface area (Å²) >= 11 is 0. The van der Waals surface area contributed by atoms with E-state index in [0.29, 0.717) is 12.3 Å². The van der Waals surface area contributed by atoms with Crippen LogP contribution in [0.5, 0.6) is 0 Å². The van der Waals surface area contributed by atoms with Crippen LogP contribution in [0.4, 0.5) is 5.69 Å². The van der Waals surface area contributed by atoms with E-state index in [1.54, 1.807) is 0 Å². The Morgan fingerprint density at radius 2 is 1.88 bits per heavy atom. The molecule has 7 heteroatoms. The summed E-state index contributed by atoms with van der Waals surface area (Å²) < 4.78 is 5.44. The van der Waals surface area contributed by atoms with Gasteiger partial charge in [-0.05, 0) is 30.4 Å². The average Bonchev–Trinajstić information content (AvgIpc) is 3.07. The Morgan fingerprint density at radius 1 is 1.16 bits per heavy atom. The van der Waals surface area contributed by atoms with Crippen LogP contribution < -0.4 is 5.73 Å². The molecule has 2 aliphatic heterocycles. The minimum Gasteiger partial charge on any atom is -0.399 e. The number of aryl methyl sites for hydroxylation is 1. The molecule has 1 unspecified atom stereocenters. The Bertz CT molecular complexity index is 531. The first-order valence-corrected chi connectivity index (χ1v) is 8.63. The standard InChI is InChI=1S/C18H27N3O2.2ClH/c19-17-4-2-1-3-16(17)5-6-18(22)21-10-8-20(9-11-21)13-15-7-12-23-14-15;;/h1-4,15H,5-14,19H2;2*1H. The molecule has 3 rings (SSSR count). The van der Waals surface area contributed by atoms with Gasteiger partial charge in [-0.1, -0.05) is 18.2 Å². The summed E-state index contributed by atoms with van der Waals surface area (Å²) in [6.45, 7) is 6.57. The third kappa shape index (κ3) is 6.33. The number of carbonyl (C=O) groups is 1. The topological polar surface area (TPSA) is 58.8 Å². The van der Waals surface area contributed by atoms with Crippen molar-refractivity contribution in [3.8, 4) is 0 Å².